The summed E-state index contributed by atoms with van der Waals surface area (Å²) in [6, 6.07) is 77.1. The molecule has 0 aromatic heterocycles. The number of fused-ring (bicyclic) bond motifs is 23. The predicted octanol–water partition coefficient (Wildman–Crippen LogP) is 11.5. The summed E-state index contributed by atoms with van der Waals surface area (Å²) >= 11 is 0. The molecule has 60 heavy (non-hydrogen) atoms. The van der Waals surface area contributed by atoms with Gasteiger partial charge >= 0.3 is 0 Å². The maximum atomic E-state index is 2.64. The standard InChI is InChI=1S/C58H39NSi/c1-57(2)45-23-9-3-19-39(45)44-33-34-50-56(55(44)57)58(46-24-10-4-17-37(46)38-18-5-11-25-47(38)58)48-26-12-13-27-49(48)59(50)36-31-32-43-42-22-8-16-30-53(42)60(54(43)35-36)51-28-14-6-20-40(51)41-21-7-15-29-52(41)60/h3-35H,1-2H3. The molecule has 0 saturated heterocycles. The van der Waals surface area contributed by atoms with E-state index in [2.05, 4.69) is 219 Å². The van der Waals surface area contributed by atoms with Crippen LogP contribution in [0.15, 0.2) is 200 Å². The second-order valence-electron chi connectivity index (χ2n) is 17.9. The maximum absolute atomic E-state index is 2.67. The van der Waals surface area contributed by atoms with Crippen LogP contribution in [0, 0.1) is 0 Å². The highest BCUT2D eigenvalue weighted by atomic mass is 28.3. The van der Waals surface area contributed by atoms with Crippen molar-refractivity contribution in [2.75, 3.05) is 4.90 Å². The Kier molecular flexibility index (Phi) is 6.13. The highest BCUT2D eigenvalue weighted by Gasteiger charge is 2.57. The van der Waals surface area contributed by atoms with Crippen LogP contribution in [0.1, 0.15) is 47.2 Å². The van der Waals surface area contributed by atoms with Crippen molar-refractivity contribution in [1.29, 1.82) is 0 Å². The van der Waals surface area contributed by atoms with Crippen molar-refractivity contribution in [3.05, 3.63) is 234 Å². The lowest BCUT2D eigenvalue weighted by molar-refractivity contribution is 0.628. The van der Waals surface area contributed by atoms with Crippen LogP contribution in [-0.2, 0) is 10.8 Å². The SMILES string of the molecule is CC1(C)c2ccccc2-c2ccc3c(c21)C1(c2ccccc2-c2ccccc21)c1ccccc1N3c1ccc2c(c1)[Si]1(c3ccccc3-c3ccccc31)c1ccccc1-2. The van der Waals surface area contributed by atoms with Gasteiger partial charge < -0.3 is 4.90 Å². The van der Waals surface area contributed by atoms with E-state index in [1.165, 1.54) is 116 Å². The molecular formula is C58H39NSi. The molecule has 0 atom stereocenters. The van der Waals surface area contributed by atoms with Gasteiger partial charge in [0, 0.05) is 16.7 Å². The predicted molar refractivity (Wildman–Crippen MR) is 251 cm³/mol. The van der Waals surface area contributed by atoms with Gasteiger partial charge in [-0.2, -0.15) is 0 Å². The summed E-state index contributed by atoms with van der Waals surface area (Å²) in [4.78, 5) is 2.64. The average molecular weight is 778 g/mol. The molecule has 9 aromatic rings. The number of nitrogens with zero attached hydrogens (tertiary/aromatic N) is 1. The molecule has 3 aliphatic heterocycles. The second kappa shape index (κ2) is 11.2. The van der Waals surface area contributed by atoms with E-state index in [0.717, 1.165) is 0 Å². The molecule has 280 valence electrons. The Hall–Kier alpha value is -7.00. The number of benzene rings is 9. The molecule has 0 amide bonds. The minimum Gasteiger partial charge on any atom is -0.310 e. The molecule has 9 aromatic carbocycles. The molecule has 2 heteroatoms. The first-order valence-electron chi connectivity index (χ1n) is 21.4. The smallest absolute Gasteiger partial charge is 0.182 e. The number of anilines is 3. The topological polar surface area (TPSA) is 3.24 Å². The Morgan fingerprint density at radius 1 is 0.333 bits per heavy atom. The third kappa shape index (κ3) is 3.61. The number of hydrogen-bond donors (Lipinski definition) is 0. The third-order valence-electron chi connectivity index (χ3n) is 15.1. The van der Waals surface area contributed by atoms with Crippen LogP contribution < -0.4 is 25.6 Å². The van der Waals surface area contributed by atoms with Crippen molar-refractivity contribution >= 4 is 45.9 Å². The van der Waals surface area contributed by atoms with Crippen LogP contribution in [0.5, 0.6) is 0 Å². The number of hydrogen-bond acceptors (Lipinski definition) is 1. The minimum absolute atomic E-state index is 0.234. The van der Waals surface area contributed by atoms with Crippen LogP contribution in [-0.4, -0.2) is 8.07 Å². The molecule has 0 radical (unpaired) electrons. The average Bonchev–Trinajstić information content (AvgIpc) is 3.96. The first-order valence-corrected chi connectivity index (χ1v) is 23.4. The molecule has 0 unspecified atom stereocenters. The molecular weight excluding hydrogens is 739 g/mol. The van der Waals surface area contributed by atoms with Gasteiger partial charge in [-0.3, -0.25) is 0 Å². The van der Waals surface area contributed by atoms with E-state index in [1.807, 2.05) is 0 Å². The lowest BCUT2D eigenvalue weighted by atomic mass is 9.61. The molecule has 1 nitrogen and oxygen atoms in total. The fourth-order valence-electron chi connectivity index (χ4n) is 13.0. The van der Waals surface area contributed by atoms with Crippen LogP contribution in [0.25, 0.3) is 44.5 Å². The summed E-state index contributed by atoms with van der Waals surface area (Å²) in [5.74, 6) is 0. The molecule has 0 fully saturated rings. The molecule has 0 bridgehead atoms. The minimum atomic E-state index is -2.67. The van der Waals surface area contributed by atoms with Gasteiger partial charge in [0.15, 0.2) is 8.07 Å². The van der Waals surface area contributed by atoms with Gasteiger partial charge in [-0.15, -0.1) is 0 Å². The van der Waals surface area contributed by atoms with Crippen LogP contribution >= 0.6 is 0 Å². The van der Waals surface area contributed by atoms with Crippen molar-refractivity contribution in [1.82, 2.24) is 0 Å². The zero-order valence-electron chi connectivity index (χ0n) is 33.5. The maximum Gasteiger partial charge on any atom is 0.182 e. The molecule has 3 heterocycles. The van der Waals surface area contributed by atoms with E-state index in [1.54, 1.807) is 0 Å². The third-order valence-corrected chi connectivity index (χ3v) is 20.0. The van der Waals surface area contributed by atoms with Crippen molar-refractivity contribution in [3.8, 4) is 44.5 Å². The van der Waals surface area contributed by atoms with E-state index in [0.29, 0.717) is 0 Å². The van der Waals surface area contributed by atoms with Gasteiger partial charge in [-0.1, -0.05) is 190 Å². The number of para-hydroxylation sites is 1. The fraction of sp³-hybridized carbons (Fsp3) is 0.0690. The summed E-state index contributed by atoms with van der Waals surface area (Å²) < 4.78 is 0. The molecule has 14 rings (SSSR count). The first kappa shape index (κ1) is 32.9. The number of rotatable bonds is 1. The fourth-order valence-corrected chi connectivity index (χ4v) is 18.6. The normalized spacial score (nSPS) is 16.2. The first-order chi connectivity index (χ1) is 29.6. The summed E-state index contributed by atoms with van der Waals surface area (Å²) in [6.07, 6.45) is 0. The summed E-state index contributed by atoms with van der Waals surface area (Å²) in [7, 11) is -2.67. The van der Waals surface area contributed by atoms with Crippen molar-refractivity contribution in [3.63, 3.8) is 0 Å². The van der Waals surface area contributed by atoms with Crippen molar-refractivity contribution in [2.45, 2.75) is 24.7 Å². The Bertz CT molecular complexity index is 3280. The summed E-state index contributed by atoms with van der Waals surface area (Å²) in [5, 5.41) is 6.00. The summed E-state index contributed by atoms with van der Waals surface area (Å²) in [5.41, 5.74) is 22.2. The molecule has 0 N–H and O–H groups in total. The van der Waals surface area contributed by atoms with Crippen LogP contribution in [0.4, 0.5) is 17.1 Å². The summed E-state index contributed by atoms with van der Waals surface area (Å²) in [6.45, 7) is 4.92. The van der Waals surface area contributed by atoms with Gasteiger partial charge in [0.1, 0.15) is 0 Å². The second-order valence-corrected chi connectivity index (χ2v) is 21.5. The Labute approximate surface area is 351 Å². The Balaban J connectivity index is 1.12. The van der Waals surface area contributed by atoms with Gasteiger partial charge in [0.25, 0.3) is 0 Å². The zero-order chi connectivity index (χ0) is 39.5. The van der Waals surface area contributed by atoms with Gasteiger partial charge in [-0.25, -0.2) is 0 Å². The Morgan fingerprint density at radius 2 is 0.767 bits per heavy atom. The van der Waals surface area contributed by atoms with Gasteiger partial charge in [0.05, 0.1) is 16.8 Å². The van der Waals surface area contributed by atoms with Crippen LogP contribution in [0.2, 0.25) is 0 Å². The van der Waals surface area contributed by atoms with E-state index >= 15 is 0 Å². The highest BCUT2D eigenvalue weighted by molar-refractivity contribution is 7.24. The van der Waals surface area contributed by atoms with Crippen LogP contribution in [0.3, 0.4) is 0 Å². The lowest BCUT2D eigenvalue weighted by Crippen LogP contribution is -2.70. The van der Waals surface area contributed by atoms with Crippen molar-refractivity contribution in [2.24, 2.45) is 0 Å². The largest absolute Gasteiger partial charge is 0.310 e. The van der Waals surface area contributed by atoms with Gasteiger partial charge in [-0.05, 0) is 117 Å². The molecule has 2 spiro atoms. The Morgan fingerprint density at radius 3 is 1.35 bits per heavy atom. The lowest BCUT2D eigenvalue weighted by Gasteiger charge is -2.47. The molecule has 5 aliphatic rings. The van der Waals surface area contributed by atoms with E-state index in [4.69, 9.17) is 0 Å². The quantitative estimate of drug-likeness (QED) is 0.150. The van der Waals surface area contributed by atoms with E-state index in [9.17, 15) is 0 Å². The molecule has 2 aliphatic carbocycles. The molecule has 0 saturated carbocycles. The van der Waals surface area contributed by atoms with E-state index < -0.39 is 13.5 Å². The van der Waals surface area contributed by atoms with Crippen molar-refractivity contribution < 1.29 is 0 Å². The van der Waals surface area contributed by atoms with Gasteiger partial charge in [0.2, 0.25) is 0 Å². The zero-order valence-corrected chi connectivity index (χ0v) is 34.5. The highest BCUT2D eigenvalue weighted by Crippen LogP contribution is 2.67. The monoisotopic (exact) mass is 777 g/mol. The van der Waals surface area contributed by atoms with E-state index in [-0.39, 0.29) is 5.41 Å².